The minimum Gasteiger partial charge on any atom is -0.487 e. The SMILES string of the molecule is CCOc1c(C(=O)NC(C#N)C(C)C)cccc1[N+](=O)[O-]. The number of carbonyl (C=O) groups excluding carboxylic acids is 1. The van der Waals surface area contributed by atoms with Crippen molar-refractivity contribution in [1.82, 2.24) is 5.32 Å². The number of nitrogens with zero attached hydrogens (tertiary/aromatic N) is 2. The minimum absolute atomic E-state index is 0.0481. The van der Waals surface area contributed by atoms with E-state index in [0.717, 1.165) is 0 Å². The number of hydrogen-bond acceptors (Lipinski definition) is 5. The molecule has 1 amide bonds. The van der Waals surface area contributed by atoms with Gasteiger partial charge >= 0.3 is 5.69 Å². The minimum atomic E-state index is -0.675. The number of benzene rings is 1. The van der Waals surface area contributed by atoms with Crippen LogP contribution in [0.3, 0.4) is 0 Å². The van der Waals surface area contributed by atoms with Crippen molar-refractivity contribution >= 4 is 11.6 Å². The average Bonchev–Trinajstić information content (AvgIpc) is 2.44. The fraction of sp³-hybridized carbons (Fsp3) is 0.429. The van der Waals surface area contributed by atoms with Crippen molar-refractivity contribution in [3.63, 3.8) is 0 Å². The lowest BCUT2D eigenvalue weighted by atomic mass is 10.0. The molecule has 0 aliphatic rings. The first-order valence-electron chi connectivity index (χ1n) is 6.53. The Morgan fingerprint density at radius 2 is 2.19 bits per heavy atom. The molecule has 7 nitrogen and oxygen atoms in total. The molecule has 1 N–H and O–H groups in total. The molecule has 0 spiro atoms. The van der Waals surface area contributed by atoms with Crippen molar-refractivity contribution in [1.29, 1.82) is 5.26 Å². The Morgan fingerprint density at radius 1 is 1.52 bits per heavy atom. The van der Waals surface area contributed by atoms with Gasteiger partial charge in [-0.05, 0) is 18.9 Å². The zero-order chi connectivity index (χ0) is 16.0. The molecule has 1 aromatic rings. The van der Waals surface area contributed by atoms with Crippen LogP contribution in [0.15, 0.2) is 18.2 Å². The van der Waals surface area contributed by atoms with Crippen molar-refractivity contribution in [2.24, 2.45) is 5.92 Å². The van der Waals surface area contributed by atoms with E-state index in [1.165, 1.54) is 18.2 Å². The smallest absolute Gasteiger partial charge is 0.311 e. The Kier molecular flexibility index (Phi) is 5.67. The molecule has 0 bridgehead atoms. The summed E-state index contributed by atoms with van der Waals surface area (Å²) in [6.07, 6.45) is 0. The molecule has 0 fully saturated rings. The Morgan fingerprint density at radius 3 is 2.67 bits per heavy atom. The molecule has 1 atom stereocenters. The molecule has 7 heteroatoms. The summed E-state index contributed by atoms with van der Waals surface area (Å²) in [7, 11) is 0. The fourth-order valence-electron chi connectivity index (χ4n) is 1.71. The molecule has 0 saturated carbocycles. The number of carbonyl (C=O) groups is 1. The van der Waals surface area contributed by atoms with E-state index in [1.54, 1.807) is 20.8 Å². The summed E-state index contributed by atoms with van der Waals surface area (Å²) in [6.45, 7) is 5.46. The van der Waals surface area contributed by atoms with E-state index < -0.39 is 16.9 Å². The number of hydrogen-bond donors (Lipinski definition) is 1. The molecule has 1 aromatic carbocycles. The van der Waals surface area contributed by atoms with Crippen molar-refractivity contribution in [3.8, 4) is 11.8 Å². The van der Waals surface area contributed by atoms with Gasteiger partial charge in [-0.15, -0.1) is 0 Å². The molecule has 0 radical (unpaired) electrons. The van der Waals surface area contributed by atoms with Crippen LogP contribution in [0.2, 0.25) is 0 Å². The van der Waals surface area contributed by atoms with Crippen LogP contribution < -0.4 is 10.1 Å². The van der Waals surface area contributed by atoms with Crippen LogP contribution in [0, 0.1) is 27.4 Å². The van der Waals surface area contributed by atoms with Gasteiger partial charge in [0.1, 0.15) is 6.04 Å². The zero-order valence-electron chi connectivity index (χ0n) is 12.1. The van der Waals surface area contributed by atoms with Gasteiger partial charge in [0.2, 0.25) is 5.75 Å². The molecule has 0 aromatic heterocycles. The fourth-order valence-corrected chi connectivity index (χ4v) is 1.71. The van der Waals surface area contributed by atoms with Gasteiger partial charge in [-0.2, -0.15) is 5.26 Å². The molecule has 1 unspecified atom stereocenters. The van der Waals surface area contributed by atoms with Crippen LogP contribution in [0.1, 0.15) is 31.1 Å². The molecule has 0 aliphatic carbocycles. The second-order valence-corrected chi connectivity index (χ2v) is 4.67. The lowest BCUT2D eigenvalue weighted by molar-refractivity contribution is -0.385. The quantitative estimate of drug-likeness (QED) is 0.639. The van der Waals surface area contributed by atoms with Gasteiger partial charge in [-0.1, -0.05) is 19.9 Å². The summed E-state index contributed by atoms with van der Waals surface area (Å²) >= 11 is 0. The van der Waals surface area contributed by atoms with Gasteiger partial charge in [-0.25, -0.2) is 0 Å². The standard InChI is InChI=1S/C14H17N3O4/c1-4-21-13-10(6-5-7-12(13)17(19)20)14(18)16-11(8-15)9(2)3/h5-7,9,11H,4H2,1-3H3,(H,16,18). The van der Waals surface area contributed by atoms with Crippen molar-refractivity contribution in [3.05, 3.63) is 33.9 Å². The van der Waals surface area contributed by atoms with E-state index in [4.69, 9.17) is 10.00 Å². The third-order valence-electron chi connectivity index (χ3n) is 2.82. The molecule has 1 rings (SSSR count). The summed E-state index contributed by atoms with van der Waals surface area (Å²) in [5.74, 6) is -0.724. The first-order chi connectivity index (χ1) is 9.92. The highest BCUT2D eigenvalue weighted by Crippen LogP contribution is 2.31. The summed E-state index contributed by atoms with van der Waals surface area (Å²) in [4.78, 5) is 22.6. The monoisotopic (exact) mass is 291 g/mol. The third kappa shape index (κ3) is 3.92. The highest BCUT2D eigenvalue weighted by Gasteiger charge is 2.25. The summed E-state index contributed by atoms with van der Waals surface area (Å²) in [5.41, 5.74) is -0.227. The summed E-state index contributed by atoms with van der Waals surface area (Å²) in [6, 6.07) is 5.42. The van der Waals surface area contributed by atoms with E-state index in [0.29, 0.717) is 0 Å². The predicted molar refractivity (Wildman–Crippen MR) is 76.0 cm³/mol. The lowest BCUT2D eigenvalue weighted by Crippen LogP contribution is -2.37. The molecule has 0 heterocycles. The maximum atomic E-state index is 12.2. The largest absolute Gasteiger partial charge is 0.487 e. The van der Waals surface area contributed by atoms with E-state index in [2.05, 4.69) is 5.32 Å². The van der Waals surface area contributed by atoms with Gasteiger partial charge in [0.15, 0.2) is 0 Å². The number of para-hydroxylation sites is 1. The number of nitrogens with one attached hydrogen (secondary N) is 1. The molecule has 0 aliphatic heterocycles. The van der Waals surface area contributed by atoms with Crippen molar-refractivity contribution in [2.45, 2.75) is 26.8 Å². The van der Waals surface area contributed by atoms with E-state index >= 15 is 0 Å². The predicted octanol–water partition coefficient (Wildman–Crippen LogP) is 2.27. The Labute approximate surface area is 122 Å². The normalized spacial score (nSPS) is 11.6. The lowest BCUT2D eigenvalue weighted by Gasteiger charge is -2.16. The highest BCUT2D eigenvalue weighted by molar-refractivity contribution is 5.98. The average molecular weight is 291 g/mol. The summed E-state index contributed by atoms with van der Waals surface area (Å²) in [5, 5.41) is 22.5. The number of nitro groups is 1. The molecule has 112 valence electrons. The number of nitro benzene ring substituents is 1. The molecular formula is C14H17N3O4. The maximum absolute atomic E-state index is 12.2. The molecule has 0 saturated heterocycles. The Balaban J connectivity index is 3.17. The third-order valence-corrected chi connectivity index (χ3v) is 2.82. The van der Waals surface area contributed by atoms with Gasteiger partial charge in [0, 0.05) is 6.07 Å². The topological polar surface area (TPSA) is 105 Å². The molecule has 21 heavy (non-hydrogen) atoms. The number of nitriles is 1. The first-order valence-corrected chi connectivity index (χ1v) is 6.53. The van der Waals surface area contributed by atoms with Gasteiger partial charge < -0.3 is 10.1 Å². The van der Waals surface area contributed by atoms with Crippen LogP contribution in [0.5, 0.6) is 5.75 Å². The molecular weight excluding hydrogens is 274 g/mol. The van der Waals surface area contributed by atoms with Crippen LogP contribution in [0.4, 0.5) is 5.69 Å². The second-order valence-electron chi connectivity index (χ2n) is 4.67. The zero-order valence-corrected chi connectivity index (χ0v) is 12.1. The maximum Gasteiger partial charge on any atom is 0.311 e. The van der Waals surface area contributed by atoms with Crippen LogP contribution >= 0.6 is 0 Å². The van der Waals surface area contributed by atoms with E-state index in [-0.39, 0.29) is 29.5 Å². The number of amides is 1. The Hall–Kier alpha value is -2.62. The van der Waals surface area contributed by atoms with Crippen molar-refractivity contribution in [2.75, 3.05) is 6.61 Å². The van der Waals surface area contributed by atoms with Crippen LogP contribution in [-0.2, 0) is 0 Å². The van der Waals surface area contributed by atoms with Gasteiger partial charge in [0.25, 0.3) is 5.91 Å². The highest BCUT2D eigenvalue weighted by atomic mass is 16.6. The van der Waals surface area contributed by atoms with E-state index in [1.807, 2.05) is 6.07 Å². The number of ether oxygens (including phenoxy) is 1. The van der Waals surface area contributed by atoms with Crippen LogP contribution in [-0.4, -0.2) is 23.5 Å². The second kappa shape index (κ2) is 7.24. The van der Waals surface area contributed by atoms with Gasteiger partial charge in [0.05, 0.1) is 23.2 Å². The number of rotatable bonds is 6. The van der Waals surface area contributed by atoms with E-state index in [9.17, 15) is 14.9 Å². The summed E-state index contributed by atoms with van der Waals surface area (Å²) < 4.78 is 5.24. The van der Waals surface area contributed by atoms with Gasteiger partial charge in [-0.3, -0.25) is 14.9 Å². The Bertz CT molecular complexity index is 578. The first kappa shape index (κ1) is 16.4. The van der Waals surface area contributed by atoms with Crippen LogP contribution in [0.25, 0.3) is 0 Å². The van der Waals surface area contributed by atoms with Crippen molar-refractivity contribution < 1.29 is 14.5 Å².